The highest BCUT2D eigenvalue weighted by molar-refractivity contribution is 7.89. The third-order valence-corrected chi connectivity index (χ3v) is 6.73. The molecule has 0 aromatic heterocycles. The van der Waals surface area contributed by atoms with E-state index in [2.05, 4.69) is 0 Å². The van der Waals surface area contributed by atoms with Gasteiger partial charge in [0, 0.05) is 32.7 Å². The zero-order chi connectivity index (χ0) is 23.0. The Morgan fingerprint density at radius 3 is 1.71 bits per heavy atom. The molecule has 1 aliphatic rings. The lowest BCUT2D eigenvalue weighted by molar-refractivity contribution is -0.143. The van der Waals surface area contributed by atoms with Gasteiger partial charge in [-0.25, -0.2) is 12.8 Å². The van der Waals surface area contributed by atoms with Gasteiger partial charge in [0.2, 0.25) is 10.0 Å². The summed E-state index contributed by atoms with van der Waals surface area (Å²) in [6.45, 7) is 0.599. The van der Waals surface area contributed by atoms with Crippen LogP contribution in [0.4, 0.5) is 30.7 Å². The Balaban J connectivity index is 1.80. The fourth-order valence-corrected chi connectivity index (χ4v) is 4.69. The Morgan fingerprint density at radius 2 is 1.26 bits per heavy atom. The topological polar surface area (TPSA) is 40.6 Å². The molecule has 0 saturated carbocycles. The first-order chi connectivity index (χ1) is 14.3. The molecule has 1 heterocycles. The molecule has 2 aromatic carbocycles. The maximum atomic E-state index is 13.0. The van der Waals surface area contributed by atoms with Crippen molar-refractivity contribution < 1.29 is 39.2 Å². The van der Waals surface area contributed by atoms with E-state index in [4.69, 9.17) is 0 Å². The number of halogens is 7. The van der Waals surface area contributed by atoms with Crippen molar-refractivity contribution in [2.24, 2.45) is 0 Å². The van der Waals surface area contributed by atoms with Crippen molar-refractivity contribution in [2.75, 3.05) is 26.2 Å². The number of hydrogen-bond acceptors (Lipinski definition) is 3. The smallest absolute Gasteiger partial charge is 0.296 e. The van der Waals surface area contributed by atoms with Crippen molar-refractivity contribution in [3.8, 4) is 0 Å². The maximum absolute atomic E-state index is 13.0. The number of hydrogen-bond donors (Lipinski definition) is 0. The Bertz CT molecular complexity index is 994. The summed E-state index contributed by atoms with van der Waals surface area (Å²) in [5, 5.41) is 0. The van der Waals surface area contributed by atoms with Crippen LogP contribution in [-0.4, -0.2) is 43.8 Å². The Labute approximate surface area is 173 Å². The molecule has 0 atom stereocenters. The summed E-state index contributed by atoms with van der Waals surface area (Å²) in [6, 6.07) is 6.02. The summed E-state index contributed by atoms with van der Waals surface area (Å²) in [7, 11) is -4.57. The number of alkyl halides is 6. The molecule has 0 radical (unpaired) electrons. The SMILES string of the molecule is O=S(=O)(c1cc(C(F)(F)F)cc(C(F)(F)F)c1)N1CCN(Cc2ccc(F)cc2)CC1. The minimum atomic E-state index is -5.14. The van der Waals surface area contributed by atoms with E-state index in [1.54, 1.807) is 12.1 Å². The minimum absolute atomic E-state index is 0.110. The molecule has 4 nitrogen and oxygen atoms in total. The average Bonchev–Trinajstić information content (AvgIpc) is 2.68. The highest BCUT2D eigenvalue weighted by atomic mass is 32.2. The zero-order valence-corrected chi connectivity index (χ0v) is 16.7. The van der Waals surface area contributed by atoms with Crippen LogP contribution in [0.25, 0.3) is 0 Å². The lowest BCUT2D eigenvalue weighted by Crippen LogP contribution is -2.48. The van der Waals surface area contributed by atoms with Gasteiger partial charge in [-0.05, 0) is 35.9 Å². The number of nitrogens with zero attached hydrogens (tertiary/aromatic N) is 2. The van der Waals surface area contributed by atoms with Crippen LogP contribution in [0, 0.1) is 5.82 Å². The van der Waals surface area contributed by atoms with Gasteiger partial charge in [-0.2, -0.15) is 30.6 Å². The first-order valence-corrected chi connectivity index (χ1v) is 10.5. The third kappa shape index (κ3) is 5.55. The summed E-state index contributed by atoms with van der Waals surface area (Å²) in [5.41, 5.74) is -2.59. The molecule has 170 valence electrons. The van der Waals surface area contributed by atoms with E-state index in [1.807, 2.05) is 4.90 Å². The molecule has 3 rings (SSSR count). The second kappa shape index (κ2) is 8.40. The Morgan fingerprint density at radius 1 is 0.774 bits per heavy atom. The predicted molar refractivity (Wildman–Crippen MR) is 96.9 cm³/mol. The van der Waals surface area contributed by atoms with Crippen LogP contribution in [0.15, 0.2) is 47.4 Å². The molecule has 0 aliphatic carbocycles. The molecule has 1 saturated heterocycles. The lowest BCUT2D eigenvalue weighted by atomic mass is 10.1. The van der Waals surface area contributed by atoms with Gasteiger partial charge in [-0.3, -0.25) is 4.90 Å². The first kappa shape index (κ1) is 23.5. The van der Waals surface area contributed by atoms with Crippen molar-refractivity contribution >= 4 is 10.0 Å². The summed E-state index contributed by atoms with van der Waals surface area (Å²) >= 11 is 0. The molecule has 1 aliphatic heterocycles. The van der Waals surface area contributed by atoms with Gasteiger partial charge >= 0.3 is 12.4 Å². The molecular formula is C19H17F7N2O2S. The third-order valence-electron chi connectivity index (χ3n) is 4.85. The molecule has 12 heteroatoms. The number of benzene rings is 2. The molecule has 0 amide bonds. The van der Waals surface area contributed by atoms with E-state index in [0.29, 0.717) is 6.54 Å². The van der Waals surface area contributed by atoms with Crippen molar-refractivity contribution in [1.29, 1.82) is 0 Å². The molecule has 2 aromatic rings. The number of piperazine rings is 1. The average molecular weight is 470 g/mol. The van der Waals surface area contributed by atoms with Crippen molar-refractivity contribution in [1.82, 2.24) is 9.21 Å². The van der Waals surface area contributed by atoms with Crippen molar-refractivity contribution in [3.05, 3.63) is 65.0 Å². The van der Waals surface area contributed by atoms with Crippen LogP contribution in [0.2, 0.25) is 0 Å². The summed E-state index contributed by atoms with van der Waals surface area (Å²) in [5.74, 6) is -0.404. The summed E-state index contributed by atoms with van der Waals surface area (Å²) < 4.78 is 118. The quantitative estimate of drug-likeness (QED) is 0.624. The van der Waals surface area contributed by atoms with E-state index < -0.39 is 44.2 Å². The second-order valence-corrected chi connectivity index (χ2v) is 8.99. The van der Waals surface area contributed by atoms with E-state index in [1.165, 1.54) is 12.1 Å². The minimum Gasteiger partial charge on any atom is -0.296 e. The fourth-order valence-electron chi connectivity index (χ4n) is 3.20. The molecule has 0 spiro atoms. The number of sulfonamides is 1. The van der Waals surface area contributed by atoms with Gasteiger partial charge < -0.3 is 0 Å². The van der Waals surface area contributed by atoms with Crippen LogP contribution < -0.4 is 0 Å². The second-order valence-electron chi connectivity index (χ2n) is 7.05. The van der Waals surface area contributed by atoms with Crippen LogP contribution >= 0.6 is 0 Å². The number of rotatable bonds is 4. The van der Waals surface area contributed by atoms with Gasteiger partial charge in [0.1, 0.15) is 5.82 Å². The van der Waals surface area contributed by atoms with E-state index in [-0.39, 0.29) is 44.4 Å². The summed E-state index contributed by atoms with van der Waals surface area (Å²) in [4.78, 5) is 0.800. The highest BCUT2D eigenvalue weighted by Crippen LogP contribution is 2.37. The lowest BCUT2D eigenvalue weighted by Gasteiger charge is -2.34. The standard InChI is InChI=1S/C19H17F7N2O2S/c20-16-3-1-13(2-4-16)12-27-5-7-28(8-6-27)31(29,30)17-10-14(18(21,22)23)9-15(11-17)19(24,25)26/h1-4,9-11H,5-8,12H2. The van der Waals surface area contributed by atoms with Gasteiger partial charge in [0.05, 0.1) is 16.0 Å². The Hall–Kier alpha value is -2.18. The van der Waals surface area contributed by atoms with Crippen LogP contribution in [-0.2, 0) is 28.9 Å². The van der Waals surface area contributed by atoms with Gasteiger partial charge in [0.15, 0.2) is 0 Å². The molecule has 31 heavy (non-hydrogen) atoms. The zero-order valence-electron chi connectivity index (χ0n) is 15.8. The molecule has 0 N–H and O–H groups in total. The van der Waals surface area contributed by atoms with Crippen molar-refractivity contribution in [2.45, 2.75) is 23.8 Å². The molecular weight excluding hydrogens is 453 g/mol. The van der Waals surface area contributed by atoms with Gasteiger partial charge in [-0.15, -0.1) is 0 Å². The van der Waals surface area contributed by atoms with Crippen LogP contribution in [0.3, 0.4) is 0 Å². The first-order valence-electron chi connectivity index (χ1n) is 9.03. The van der Waals surface area contributed by atoms with E-state index in [9.17, 15) is 39.2 Å². The monoisotopic (exact) mass is 470 g/mol. The Kier molecular flexibility index (Phi) is 6.36. The normalized spacial score (nSPS) is 17.1. The molecule has 1 fully saturated rings. The maximum Gasteiger partial charge on any atom is 0.416 e. The summed E-state index contributed by atoms with van der Waals surface area (Å²) in [6.07, 6.45) is -10.3. The van der Waals surface area contributed by atoms with E-state index in [0.717, 1.165) is 9.87 Å². The van der Waals surface area contributed by atoms with E-state index >= 15 is 0 Å². The van der Waals surface area contributed by atoms with Crippen LogP contribution in [0.1, 0.15) is 16.7 Å². The van der Waals surface area contributed by atoms with Gasteiger partial charge in [0.25, 0.3) is 0 Å². The van der Waals surface area contributed by atoms with Crippen molar-refractivity contribution in [3.63, 3.8) is 0 Å². The van der Waals surface area contributed by atoms with Crippen LogP contribution in [0.5, 0.6) is 0 Å². The highest BCUT2D eigenvalue weighted by Gasteiger charge is 2.39. The largest absolute Gasteiger partial charge is 0.416 e. The fraction of sp³-hybridized carbons (Fsp3) is 0.368. The molecule has 0 unspecified atom stereocenters. The predicted octanol–water partition coefficient (Wildman–Crippen LogP) is 4.37. The molecule has 0 bridgehead atoms. The van der Waals surface area contributed by atoms with Gasteiger partial charge in [-0.1, -0.05) is 12.1 Å².